The lowest BCUT2D eigenvalue weighted by Crippen LogP contribution is -2.31. The summed E-state index contributed by atoms with van der Waals surface area (Å²) in [7, 11) is 0. The average molecular weight is 374 g/mol. The summed E-state index contributed by atoms with van der Waals surface area (Å²) in [6.45, 7) is 3.75. The molecular weight excluding hydrogens is 354 g/mol. The number of aliphatic hydroxyl groups excluding tert-OH is 1. The predicted octanol–water partition coefficient (Wildman–Crippen LogP) is 2.67. The number of carbonyl (C=O) groups is 1. The fourth-order valence-corrected chi connectivity index (χ4v) is 3.43. The minimum Gasteiger partial charge on any atom is -0.387 e. The Morgan fingerprint density at radius 3 is 3.00 bits per heavy atom. The zero-order valence-corrected chi connectivity index (χ0v) is 15.2. The van der Waals surface area contributed by atoms with Crippen molar-refractivity contribution in [3.05, 3.63) is 52.7 Å². The van der Waals surface area contributed by atoms with Crippen LogP contribution >= 0.6 is 11.6 Å². The normalized spacial score (nSPS) is 15.7. The van der Waals surface area contributed by atoms with E-state index in [2.05, 4.69) is 10.1 Å². The number of hydrogen-bond donors (Lipinski definition) is 1. The van der Waals surface area contributed by atoms with Crippen molar-refractivity contribution in [2.75, 3.05) is 6.54 Å². The molecule has 4 rings (SSSR count). The number of rotatable bonds is 3. The summed E-state index contributed by atoms with van der Waals surface area (Å²) in [6, 6.07) is 5.43. The van der Waals surface area contributed by atoms with E-state index in [4.69, 9.17) is 11.6 Å². The fraction of sp³-hybridized carbons (Fsp3) is 0.389. The summed E-state index contributed by atoms with van der Waals surface area (Å²) >= 11 is 6.00. The molecule has 0 bridgehead atoms. The molecule has 1 amide bonds. The second-order valence-electron chi connectivity index (χ2n) is 6.53. The molecule has 26 heavy (non-hydrogen) atoms. The summed E-state index contributed by atoms with van der Waals surface area (Å²) in [4.78, 5) is 19.1. The molecule has 3 aromatic rings. The van der Waals surface area contributed by atoms with E-state index in [9.17, 15) is 9.90 Å². The first kappa shape index (κ1) is 17.1. The molecule has 0 unspecified atom stereocenters. The Balaban J connectivity index is 1.60. The molecule has 0 spiro atoms. The van der Waals surface area contributed by atoms with Crippen molar-refractivity contribution in [3.63, 3.8) is 0 Å². The van der Waals surface area contributed by atoms with Crippen LogP contribution in [0, 0.1) is 0 Å². The summed E-state index contributed by atoms with van der Waals surface area (Å²) in [6.07, 6.45) is 4.29. The summed E-state index contributed by atoms with van der Waals surface area (Å²) in [5.41, 5.74) is 2.68. The Labute approximate surface area is 155 Å². The molecule has 8 heteroatoms. The van der Waals surface area contributed by atoms with Crippen molar-refractivity contribution >= 4 is 23.2 Å². The highest BCUT2D eigenvalue weighted by molar-refractivity contribution is 6.30. The maximum atomic E-state index is 13.0. The van der Waals surface area contributed by atoms with Crippen LogP contribution in [0.15, 0.2) is 30.6 Å². The second-order valence-corrected chi connectivity index (χ2v) is 6.96. The number of pyridine rings is 1. The Kier molecular flexibility index (Phi) is 4.42. The molecule has 1 aliphatic heterocycles. The highest BCUT2D eigenvalue weighted by atomic mass is 35.5. The van der Waals surface area contributed by atoms with Crippen LogP contribution in [0.25, 0.3) is 5.65 Å². The van der Waals surface area contributed by atoms with Crippen LogP contribution in [0.5, 0.6) is 0 Å². The number of amides is 1. The average Bonchev–Trinajstić information content (AvgIpc) is 3.18. The van der Waals surface area contributed by atoms with E-state index < -0.39 is 6.10 Å². The molecule has 0 aromatic carbocycles. The van der Waals surface area contributed by atoms with Crippen molar-refractivity contribution in [3.8, 4) is 0 Å². The van der Waals surface area contributed by atoms with E-state index in [-0.39, 0.29) is 5.91 Å². The lowest BCUT2D eigenvalue weighted by Gasteiger charge is -2.18. The fourth-order valence-electron chi connectivity index (χ4n) is 3.26. The van der Waals surface area contributed by atoms with E-state index >= 15 is 0 Å². The highest BCUT2D eigenvalue weighted by Crippen LogP contribution is 2.21. The maximum absolute atomic E-state index is 13.0. The zero-order valence-electron chi connectivity index (χ0n) is 14.5. The topological polar surface area (TPSA) is 75.7 Å². The number of hydrogen-bond acceptors (Lipinski definition) is 4. The molecule has 4 heterocycles. The van der Waals surface area contributed by atoms with Gasteiger partial charge in [0.05, 0.1) is 29.1 Å². The molecule has 1 N–H and O–H groups in total. The molecule has 136 valence electrons. The highest BCUT2D eigenvalue weighted by Gasteiger charge is 2.24. The maximum Gasteiger partial charge on any atom is 0.274 e. The molecule has 3 aromatic heterocycles. The first-order chi connectivity index (χ1) is 12.5. The number of carbonyl (C=O) groups excluding carboxylic acids is 1. The molecule has 7 nitrogen and oxygen atoms in total. The first-order valence-corrected chi connectivity index (χ1v) is 9.11. The third kappa shape index (κ3) is 3.08. The van der Waals surface area contributed by atoms with E-state index in [1.54, 1.807) is 33.8 Å². The zero-order chi connectivity index (χ0) is 18.3. The Morgan fingerprint density at radius 2 is 2.19 bits per heavy atom. The van der Waals surface area contributed by atoms with Gasteiger partial charge in [-0.1, -0.05) is 18.5 Å². The minimum absolute atomic E-state index is 0.114. The van der Waals surface area contributed by atoms with E-state index in [1.807, 2.05) is 17.7 Å². The smallest absolute Gasteiger partial charge is 0.274 e. The number of imidazole rings is 1. The first-order valence-electron chi connectivity index (χ1n) is 8.73. The Bertz CT molecular complexity index is 964. The largest absolute Gasteiger partial charge is 0.387 e. The standard InChI is InChI=1S/C18H20ClN5O2/c1-2-16(25)14-8-13-10-22(6-3-7-24(13)21-14)18(26)15-11-23-9-12(19)4-5-17(23)20-15/h4-5,8-9,11,16,25H,2-3,6-7,10H2,1H3/t16-/m0/s1. The minimum atomic E-state index is -0.568. The van der Waals surface area contributed by atoms with Crippen LogP contribution in [-0.4, -0.2) is 41.6 Å². The lowest BCUT2D eigenvalue weighted by molar-refractivity contribution is 0.0740. The lowest BCUT2D eigenvalue weighted by atomic mass is 10.2. The predicted molar refractivity (Wildman–Crippen MR) is 97.0 cm³/mol. The number of fused-ring (bicyclic) bond motifs is 2. The molecule has 0 saturated heterocycles. The van der Waals surface area contributed by atoms with Crippen LogP contribution < -0.4 is 0 Å². The van der Waals surface area contributed by atoms with Crippen molar-refractivity contribution < 1.29 is 9.90 Å². The number of nitrogens with zero attached hydrogens (tertiary/aromatic N) is 5. The van der Waals surface area contributed by atoms with Crippen LogP contribution in [-0.2, 0) is 13.1 Å². The van der Waals surface area contributed by atoms with Gasteiger partial charge in [0.2, 0.25) is 0 Å². The van der Waals surface area contributed by atoms with Gasteiger partial charge in [-0.25, -0.2) is 4.98 Å². The van der Waals surface area contributed by atoms with Crippen molar-refractivity contribution in [1.29, 1.82) is 0 Å². The third-order valence-electron chi connectivity index (χ3n) is 4.68. The number of aliphatic hydroxyl groups is 1. The molecule has 0 saturated carbocycles. The van der Waals surface area contributed by atoms with Crippen LogP contribution in [0.3, 0.4) is 0 Å². The van der Waals surface area contributed by atoms with Gasteiger partial charge in [-0.3, -0.25) is 9.48 Å². The molecule has 0 fully saturated rings. The number of aryl methyl sites for hydroxylation is 1. The van der Waals surface area contributed by atoms with Crippen molar-refractivity contribution in [1.82, 2.24) is 24.1 Å². The molecule has 0 aliphatic carbocycles. The van der Waals surface area contributed by atoms with Gasteiger partial charge >= 0.3 is 0 Å². The van der Waals surface area contributed by atoms with Gasteiger partial charge in [0.25, 0.3) is 5.91 Å². The van der Waals surface area contributed by atoms with Gasteiger partial charge in [0.15, 0.2) is 0 Å². The van der Waals surface area contributed by atoms with Gasteiger partial charge in [-0.15, -0.1) is 0 Å². The van der Waals surface area contributed by atoms with Crippen molar-refractivity contribution in [2.24, 2.45) is 0 Å². The van der Waals surface area contributed by atoms with Gasteiger partial charge in [0.1, 0.15) is 11.3 Å². The SMILES string of the molecule is CC[C@H](O)c1cc2n(n1)CCCN(C(=O)c1cn3cc(Cl)ccc3n1)C2. The summed E-state index contributed by atoms with van der Waals surface area (Å²) in [5.74, 6) is -0.114. The number of aromatic nitrogens is 4. The van der Waals surface area contributed by atoms with Gasteiger partial charge in [-0.2, -0.15) is 5.10 Å². The van der Waals surface area contributed by atoms with Crippen LogP contribution in [0.2, 0.25) is 5.02 Å². The van der Waals surface area contributed by atoms with Gasteiger partial charge in [-0.05, 0) is 31.0 Å². The molecule has 1 atom stereocenters. The Hall–Kier alpha value is -2.38. The second kappa shape index (κ2) is 6.74. The van der Waals surface area contributed by atoms with Gasteiger partial charge in [0, 0.05) is 25.5 Å². The summed E-state index contributed by atoms with van der Waals surface area (Å²) in [5, 5.41) is 15.1. The Morgan fingerprint density at radius 1 is 1.35 bits per heavy atom. The molecule has 1 aliphatic rings. The van der Waals surface area contributed by atoms with E-state index in [0.717, 1.165) is 18.7 Å². The van der Waals surface area contributed by atoms with E-state index in [1.165, 1.54) is 0 Å². The van der Waals surface area contributed by atoms with Crippen molar-refractivity contribution in [2.45, 2.75) is 39.0 Å². The molecule has 0 radical (unpaired) electrons. The van der Waals surface area contributed by atoms with Crippen LogP contribution in [0.1, 0.15) is 47.7 Å². The van der Waals surface area contributed by atoms with E-state index in [0.29, 0.717) is 41.6 Å². The third-order valence-corrected chi connectivity index (χ3v) is 4.91. The number of halogens is 1. The quantitative estimate of drug-likeness (QED) is 0.765. The summed E-state index contributed by atoms with van der Waals surface area (Å²) < 4.78 is 3.65. The van der Waals surface area contributed by atoms with Crippen LogP contribution in [0.4, 0.5) is 0 Å². The van der Waals surface area contributed by atoms with Gasteiger partial charge < -0.3 is 14.4 Å². The molecular formula is C18H20ClN5O2. The monoisotopic (exact) mass is 373 g/mol.